The van der Waals surface area contributed by atoms with Gasteiger partial charge in [-0.25, -0.2) is 0 Å². The van der Waals surface area contributed by atoms with E-state index < -0.39 is 0 Å². The zero-order valence-electron chi connectivity index (χ0n) is 11.1. The molecule has 1 amide bonds. The molecule has 0 aliphatic heterocycles. The minimum atomic E-state index is -0.243. The molecular weight excluding hydrogens is 332 g/mol. The molecule has 2 aromatic carbocycles. The number of hydrogen-bond donors (Lipinski definition) is 2. The van der Waals surface area contributed by atoms with E-state index in [2.05, 4.69) is 21.2 Å². The maximum absolute atomic E-state index is 12.1. The van der Waals surface area contributed by atoms with Crippen LogP contribution in [0.4, 0.5) is 5.69 Å². The van der Waals surface area contributed by atoms with Crippen LogP contribution in [0, 0.1) is 0 Å². The lowest BCUT2D eigenvalue weighted by molar-refractivity contribution is 0.0925. The fraction of sp³-hybridized carbons (Fsp3) is 0.0625. The summed E-state index contributed by atoms with van der Waals surface area (Å²) in [5.41, 5.74) is 8.02. The molecule has 4 nitrogen and oxygen atoms in total. The number of fused-ring (bicyclic) bond motifs is 1. The van der Waals surface area contributed by atoms with E-state index in [0.29, 0.717) is 17.8 Å². The van der Waals surface area contributed by atoms with E-state index in [-0.39, 0.29) is 11.7 Å². The third kappa shape index (κ3) is 3.08. The zero-order valence-corrected chi connectivity index (χ0v) is 12.7. The Labute approximate surface area is 130 Å². The second-order valence-corrected chi connectivity index (χ2v) is 5.63. The number of carbonyl (C=O) groups is 1. The van der Waals surface area contributed by atoms with E-state index >= 15 is 0 Å². The van der Waals surface area contributed by atoms with Gasteiger partial charge in [0.1, 0.15) is 5.58 Å². The molecule has 3 aromatic rings. The van der Waals surface area contributed by atoms with Crippen molar-refractivity contribution in [2.75, 3.05) is 5.73 Å². The van der Waals surface area contributed by atoms with E-state index in [9.17, 15) is 4.79 Å². The van der Waals surface area contributed by atoms with Crippen LogP contribution in [-0.4, -0.2) is 5.91 Å². The second kappa shape index (κ2) is 5.61. The lowest BCUT2D eigenvalue weighted by Gasteiger charge is -2.03. The van der Waals surface area contributed by atoms with Crippen molar-refractivity contribution in [3.63, 3.8) is 0 Å². The highest BCUT2D eigenvalue weighted by Crippen LogP contribution is 2.21. The predicted molar refractivity (Wildman–Crippen MR) is 85.9 cm³/mol. The molecule has 0 spiro atoms. The summed E-state index contributed by atoms with van der Waals surface area (Å²) < 4.78 is 6.52. The first-order valence-corrected chi connectivity index (χ1v) is 7.23. The largest absolute Gasteiger partial charge is 0.451 e. The Morgan fingerprint density at radius 3 is 2.67 bits per heavy atom. The van der Waals surface area contributed by atoms with Gasteiger partial charge in [0, 0.05) is 22.1 Å². The number of halogens is 1. The Hall–Kier alpha value is -2.27. The molecule has 0 saturated carbocycles. The van der Waals surface area contributed by atoms with Gasteiger partial charge in [-0.3, -0.25) is 4.79 Å². The number of carbonyl (C=O) groups excluding carboxylic acids is 1. The molecule has 106 valence electrons. The van der Waals surface area contributed by atoms with Crippen molar-refractivity contribution < 1.29 is 9.21 Å². The molecule has 21 heavy (non-hydrogen) atoms. The summed E-state index contributed by atoms with van der Waals surface area (Å²) >= 11 is 3.38. The molecule has 0 bridgehead atoms. The van der Waals surface area contributed by atoms with Gasteiger partial charge in [-0.15, -0.1) is 0 Å². The van der Waals surface area contributed by atoms with Crippen molar-refractivity contribution in [2.24, 2.45) is 0 Å². The predicted octanol–water partition coefficient (Wildman–Crippen LogP) is 3.71. The number of benzene rings is 2. The molecule has 0 aliphatic rings. The maximum Gasteiger partial charge on any atom is 0.287 e. The first-order chi connectivity index (χ1) is 10.1. The van der Waals surface area contributed by atoms with Crippen LogP contribution in [-0.2, 0) is 6.54 Å². The van der Waals surface area contributed by atoms with Crippen LogP contribution in [0.25, 0.3) is 11.0 Å². The van der Waals surface area contributed by atoms with Gasteiger partial charge in [-0.1, -0.05) is 28.1 Å². The summed E-state index contributed by atoms with van der Waals surface area (Å²) in [6.07, 6.45) is 0. The summed E-state index contributed by atoms with van der Waals surface area (Å²) in [5, 5.41) is 3.65. The Morgan fingerprint density at radius 1 is 1.14 bits per heavy atom. The van der Waals surface area contributed by atoms with E-state index in [4.69, 9.17) is 10.2 Å². The van der Waals surface area contributed by atoms with Crippen LogP contribution in [0.5, 0.6) is 0 Å². The number of furan rings is 1. The minimum Gasteiger partial charge on any atom is -0.451 e. The smallest absolute Gasteiger partial charge is 0.287 e. The lowest BCUT2D eigenvalue weighted by atomic mass is 10.2. The van der Waals surface area contributed by atoms with Crippen molar-refractivity contribution in [3.8, 4) is 0 Å². The van der Waals surface area contributed by atoms with Gasteiger partial charge in [0.15, 0.2) is 5.76 Å². The number of nitrogens with two attached hydrogens (primary N) is 1. The van der Waals surface area contributed by atoms with E-state index in [1.807, 2.05) is 24.3 Å². The highest BCUT2D eigenvalue weighted by atomic mass is 79.9. The molecule has 1 heterocycles. The topological polar surface area (TPSA) is 68.3 Å². The first kappa shape index (κ1) is 13.7. The highest BCUT2D eigenvalue weighted by molar-refractivity contribution is 9.10. The number of nitrogens with one attached hydrogen (secondary N) is 1. The van der Waals surface area contributed by atoms with E-state index in [1.54, 1.807) is 24.3 Å². The average molecular weight is 345 g/mol. The molecule has 5 heteroatoms. The van der Waals surface area contributed by atoms with Crippen LogP contribution in [0.3, 0.4) is 0 Å². The van der Waals surface area contributed by atoms with Crippen LogP contribution in [0.15, 0.2) is 57.4 Å². The SMILES string of the molecule is Nc1ccc2oc(C(=O)NCc3ccc(Br)cc3)cc2c1. The quantitative estimate of drug-likeness (QED) is 0.711. The summed E-state index contributed by atoms with van der Waals surface area (Å²) in [4.78, 5) is 12.1. The summed E-state index contributed by atoms with van der Waals surface area (Å²) in [6.45, 7) is 0.450. The van der Waals surface area contributed by atoms with Gasteiger partial charge >= 0.3 is 0 Å². The van der Waals surface area contributed by atoms with Crippen molar-refractivity contribution in [3.05, 3.63) is 64.3 Å². The molecule has 1 aromatic heterocycles. The van der Waals surface area contributed by atoms with Crippen LogP contribution < -0.4 is 11.1 Å². The fourth-order valence-electron chi connectivity index (χ4n) is 2.05. The van der Waals surface area contributed by atoms with Crippen LogP contribution >= 0.6 is 15.9 Å². The normalized spacial score (nSPS) is 10.7. The molecule has 0 saturated heterocycles. The number of rotatable bonds is 3. The van der Waals surface area contributed by atoms with Gasteiger partial charge in [0.25, 0.3) is 5.91 Å². The minimum absolute atomic E-state index is 0.243. The molecule has 0 unspecified atom stereocenters. The lowest BCUT2D eigenvalue weighted by Crippen LogP contribution is -2.22. The number of amides is 1. The number of nitrogen functional groups attached to an aromatic ring is 1. The van der Waals surface area contributed by atoms with Crippen molar-refractivity contribution in [2.45, 2.75) is 6.54 Å². The molecule has 3 rings (SSSR count). The van der Waals surface area contributed by atoms with Crippen molar-refractivity contribution >= 4 is 38.5 Å². The Morgan fingerprint density at radius 2 is 1.90 bits per heavy atom. The van der Waals surface area contributed by atoms with E-state index in [0.717, 1.165) is 15.4 Å². The summed E-state index contributed by atoms with van der Waals surface area (Å²) in [7, 11) is 0. The third-order valence-corrected chi connectivity index (χ3v) is 3.66. The highest BCUT2D eigenvalue weighted by Gasteiger charge is 2.12. The van der Waals surface area contributed by atoms with Gasteiger partial charge in [-0.2, -0.15) is 0 Å². The van der Waals surface area contributed by atoms with Crippen LogP contribution in [0.1, 0.15) is 16.1 Å². The second-order valence-electron chi connectivity index (χ2n) is 4.72. The number of hydrogen-bond acceptors (Lipinski definition) is 3. The summed E-state index contributed by atoms with van der Waals surface area (Å²) in [6, 6.07) is 14.8. The van der Waals surface area contributed by atoms with Crippen molar-refractivity contribution in [1.82, 2.24) is 5.32 Å². The van der Waals surface area contributed by atoms with Gasteiger partial charge in [0.05, 0.1) is 0 Å². The van der Waals surface area contributed by atoms with E-state index in [1.165, 1.54) is 0 Å². The van der Waals surface area contributed by atoms with Gasteiger partial charge in [-0.05, 0) is 42.0 Å². The molecule has 0 aliphatic carbocycles. The monoisotopic (exact) mass is 344 g/mol. The fourth-order valence-corrected chi connectivity index (χ4v) is 2.31. The number of anilines is 1. The van der Waals surface area contributed by atoms with Crippen molar-refractivity contribution in [1.29, 1.82) is 0 Å². The molecule has 0 atom stereocenters. The first-order valence-electron chi connectivity index (χ1n) is 6.43. The molecule has 0 fully saturated rings. The Bertz CT molecular complexity index is 794. The van der Waals surface area contributed by atoms with Crippen LogP contribution in [0.2, 0.25) is 0 Å². The third-order valence-electron chi connectivity index (χ3n) is 3.13. The molecule has 3 N–H and O–H groups in total. The van der Waals surface area contributed by atoms with Gasteiger partial charge < -0.3 is 15.5 Å². The Kier molecular flexibility index (Phi) is 3.66. The maximum atomic E-state index is 12.1. The zero-order chi connectivity index (χ0) is 14.8. The standard InChI is InChI=1S/C16H13BrN2O2/c17-12-3-1-10(2-4-12)9-19-16(20)15-8-11-7-13(18)5-6-14(11)21-15/h1-8H,9,18H2,(H,19,20). The summed E-state index contributed by atoms with van der Waals surface area (Å²) in [5.74, 6) is 0.0420. The van der Waals surface area contributed by atoms with Gasteiger partial charge in [0.2, 0.25) is 0 Å². The Balaban J connectivity index is 1.73. The average Bonchev–Trinajstić information content (AvgIpc) is 2.89. The molecular formula is C16H13BrN2O2. The molecule has 0 radical (unpaired) electrons.